The van der Waals surface area contributed by atoms with E-state index >= 15 is 0 Å². The van der Waals surface area contributed by atoms with E-state index in [4.69, 9.17) is 9.47 Å². The lowest BCUT2D eigenvalue weighted by atomic mass is 9.68. The van der Waals surface area contributed by atoms with Crippen LogP contribution in [0.1, 0.15) is 24.3 Å². The maximum Gasteiger partial charge on any atom is 0.229 e. The molecular weight excluding hydrogens is 280 g/mol. The molecule has 5 nitrogen and oxygen atoms in total. The number of methoxy groups -OCH3 is 2. The zero-order valence-electron chi connectivity index (χ0n) is 13.5. The molecule has 22 heavy (non-hydrogen) atoms. The van der Waals surface area contributed by atoms with Crippen molar-refractivity contribution in [3.05, 3.63) is 23.8 Å². The minimum absolute atomic E-state index is 0.191. The summed E-state index contributed by atoms with van der Waals surface area (Å²) in [6, 6.07) is 5.96. The third-order valence-electron chi connectivity index (χ3n) is 5.17. The number of ether oxygens (including phenoxy) is 2. The van der Waals surface area contributed by atoms with Gasteiger partial charge in [-0.1, -0.05) is 0 Å². The smallest absolute Gasteiger partial charge is 0.229 e. The van der Waals surface area contributed by atoms with Crippen LogP contribution in [0.4, 0.5) is 0 Å². The number of benzene rings is 1. The van der Waals surface area contributed by atoms with Crippen molar-refractivity contribution in [2.45, 2.75) is 18.8 Å². The number of hydrogen-bond acceptors (Lipinski definition) is 4. The highest BCUT2D eigenvalue weighted by atomic mass is 16.5. The van der Waals surface area contributed by atoms with Gasteiger partial charge in [0, 0.05) is 25.6 Å². The predicted octanol–water partition coefficient (Wildman–Crippen LogP) is 1.63. The maximum absolute atomic E-state index is 12.8. The second-order valence-corrected chi connectivity index (χ2v) is 6.29. The quantitative estimate of drug-likeness (QED) is 0.922. The number of likely N-dealkylation sites (tertiary alicyclic amines) is 1. The van der Waals surface area contributed by atoms with E-state index in [9.17, 15) is 4.79 Å². The third-order valence-corrected chi connectivity index (χ3v) is 5.17. The van der Waals surface area contributed by atoms with Crippen molar-refractivity contribution in [2.24, 2.45) is 5.41 Å². The molecule has 0 bridgehead atoms. The van der Waals surface area contributed by atoms with Crippen LogP contribution < -0.4 is 14.8 Å². The van der Waals surface area contributed by atoms with Crippen LogP contribution in [0.5, 0.6) is 11.5 Å². The summed E-state index contributed by atoms with van der Waals surface area (Å²) in [5.41, 5.74) is 0.855. The number of rotatable bonds is 3. The summed E-state index contributed by atoms with van der Waals surface area (Å²) in [7, 11) is 5.22. The molecule has 1 spiro atoms. The van der Waals surface area contributed by atoms with Crippen LogP contribution in [0.3, 0.4) is 0 Å². The molecule has 120 valence electrons. The van der Waals surface area contributed by atoms with Gasteiger partial charge in [0.1, 0.15) is 11.5 Å². The molecule has 1 atom stereocenters. The van der Waals surface area contributed by atoms with Crippen LogP contribution in [-0.2, 0) is 4.79 Å². The molecule has 2 aliphatic rings. The van der Waals surface area contributed by atoms with Gasteiger partial charge in [0.2, 0.25) is 5.91 Å². The first kappa shape index (κ1) is 15.2. The second-order valence-electron chi connectivity index (χ2n) is 6.29. The SMILES string of the molecule is COc1cc(OC)cc(C2CN(C)C(=O)C23CCNCC3)c1. The third kappa shape index (κ3) is 2.33. The first-order valence-corrected chi connectivity index (χ1v) is 7.80. The molecule has 1 aromatic carbocycles. The van der Waals surface area contributed by atoms with Crippen molar-refractivity contribution in [1.82, 2.24) is 10.2 Å². The Bertz CT molecular complexity index is 545. The van der Waals surface area contributed by atoms with Gasteiger partial charge < -0.3 is 19.7 Å². The van der Waals surface area contributed by atoms with Gasteiger partial charge in [-0.3, -0.25) is 4.79 Å². The van der Waals surface area contributed by atoms with Crippen molar-refractivity contribution < 1.29 is 14.3 Å². The van der Waals surface area contributed by atoms with Gasteiger partial charge in [0.25, 0.3) is 0 Å². The van der Waals surface area contributed by atoms with Crippen LogP contribution >= 0.6 is 0 Å². The molecule has 2 aliphatic heterocycles. The van der Waals surface area contributed by atoms with Crippen molar-refractivity contribution >= 4 is 5.91 Å². The largest absolute Gasteiger partial charge is 0.497 e. The molecule has 1 amide bonds. The van der Waals surface area contributed by atoms with Gasteiger partial charge >= 0.3 is 0 Å². The number of carbonyl (C=O) groups is 1. The Morgan fingerprint density at radius 3 is 2.27 bits per heavy atom. The van der Waals surface area contributed by atoms with E-state index in [1.165, 1.54) is 0 Å². The lowest BCUT2D eigenvalue weighted by molar-refractivity contribution is -0.136. The zero-order chi connectivity index (χ0) is 15.7. The fraction of sp³-hybridized carbons (Fsp3) is 0.588. The van der Waals surface area contributed by atoms with Crippen LogP contribution in [0, 0.1) is 5.41 Å². The Balaban J connectivity index is 2.03. The Labute approximate surface area is 131 Å². The zero-order valence-corrected chi connectivity index (χ0v) is 13.5. The average Bonchev–Trinajstić information content (AvgIpc) is 2.80. The summed E-state index contributed by atoms with van der Waals surface area (Å²) >= 11 is 0. The Morgan fingerprint density at radius 2 is 1.73 bits per heavy atom. The first-order chi connectivity index (χ1) is 10.6. The van der Waals surface area contributed by atoms with Crippen LogP contribution in [-0.4, -0.2) is 51.7 Å². The molecule has 0 aliphatic carbocycles. The molecule has 0 aromatic heterocycles. The predicted molar refractivity (Wildman–Crippen MR) is 84.5 cm³/mol. The molecule has 3 rings (SSSR count). The lowest BCUT2D eigenvalue weighted by Crippen LogP contribution is -2.44. The number of nitrogens with zero attached hydrogens (tertiary/aromatic N) is 1. The average molecular weight is 304 g/mol. The fourth-order valence-corrected chi connectivity index (χ4v) is 3.95. The van der Waals surface area contributed by atoms with E-state index < -0.39 is 0 Å². The molecule has 1 aromatic rings. The number of nitrogens with one attached hydrogen (secondary N) is 1. The normalized spacial score (nSPS) is 23.9. The number of carbonyl (C=O) groups excluding carboxylic acids is 1. The monoisotopic (exact) mass is 304 g/mol. The molecule has 1 unspecified atom stereocenters. The minimum atomic E-state index is -0.280. The summed E-state index contributed by atoms with van der Waals surface area (Å²) in [5.74, 6) is 2.03. The summed E-state index contributed by atoms with van der Waals surface area (Å²) in [4.78, 5) is 14.7. The summed E-state index contributed by atoms with van der Waals surface area (Å²) < 4.78 is 10.8. The molecule has 2 heterocycles. The molecule has 1 N–H and O–H groups in total. The highest BCUT2D eigenvalue weighted by molar-refractivity contribution is 5.86. The minimum Gasteiger partial charge on any atom is -0.497 e. The molecular formula is C17H24N2O3. The standard InChI is InChI=1S/C17H24N2O3/c1-19-11-15(17(16(19)20)4-6-18-7-5-17)12-8-13(21-2)10-14(9-12)22-3/h8-10,15,18H,4-7,11H2,1-3H3. The summed E-state index contributed by atoms with van der Waals surface area (Å²) in [6.45, 7) is 2.56. The number of piperidine rings is 1. The van der Waals surface area contributed by atoms with Crippen LogP contribution in [0.15, 0.2) is 18.2 Å². The summed E-state index contributed by atoms with van der Waals surface area (Å²) in [6.07, 6.45) is 1.78. The van der Waals surface area contributed by atoms with Crippen LogP contribution in [0.2, 0.25) is 0 Å². The van der Waals surface area contributed by atoms with E-state index in [1.807, 2.05) is 30.1 Å². The Kier molecular flexibility index (Phi) is 4.00. The van der Waals surface area contributed by atoms with Gasteiger partial charge in [-0.2, -0.15) is 0 Å². The van der Waals surface area contributed by atoms with Crippen molar-refractivity contribution in [3.63, 3.8) is 0 Å². The topological polar surface area (TPSA) is 50.8 Å². The van der Waals surface area contributed by atoms with E-state index in [-0.39, 0.29) is 17.2 Å². The first-order valence-electron chi connectivity index (χ1n) is 7.80. The highest BCUT2D eigenvalue weighted by Crippen LogP contribution is 2.50. The molecule has 0 radical (unpaired) electrons. The highest BCUT2D eigenvalue weighted by Gasteiger charge is 2.53. The van der Waals surface area contributed by atoms with Crippen molar-refractivity contribution in [3.8, 4) is 11.5 Å². The van der Waals surface area contributed by atoms with Gasteiger partial charge in [-0.05, 0) is 43.6 Å². The van der Waals surface area contributed by atoms with E-state index in [1.54, 1.807) is 14.2 Å². The van der Waals surface area contributed by atoms with Gasteiger partial charge in [0.15, 0.2) is 0 Å². The Morgan fingerprint density at radius 1 is 1.14 bits per heavy atom. The van der Waals surface area contributed by atoms with Gasteiger partial charge in [-0.15, -0.1) is 0 Å². The maximum atomic E-state index is 12.8. The van der Waals surface area contributed by atoms with Gasteiger partial charge in [0.05, 0.1) is 19.6 Å². The van der Waals surface area contributed by atoms with Crippen molar-refractivity contribution in [2.75, 3.05) is 40.9 Å². The van der Waals surface area contributed by atoms with Gasteiger partial charge in [-0.25, -0.2) is 0 Å². The molecule has 0 saturated carbocycles. The number of amides is 1. The van der Waals surface area contributed by atoms with E-state index in [0.29, 0.717) is 0 Å². The van der Waals surface area contributed by atoms with Crippen molar-refractivity contribution in [1.29, 1.82) is 0 Å². The van der Waals surface area contributed by atoms with E-state index in [2.05, 4.69) is 5.32 Å². The number of likely N-dealkylation sites (N-methyl/N-ethyl adjacent to an activating group) is 1. The summed E-state index contributed by atoms with van der Waals surface area (Å²) in [5, 5.41) is 3.37. The second kappa shape index (κ2) is 5.80. The Hall–Kier alpha value is -1.75. The van der Waals surface area contributed by atoms with E-state index in [0.717, 1.165) is 49.5 Å². The molecule has 2 fully saturated rings. The fourth-order valence-electron chi connectivity index (χ4n) is 3.95. The number of hydrogen-bond donors (Lipinski definition) is 1. The van der Waals surface area contributed by atoms with Crippen LogP contribution in [0.25, 0.3) is 0 Å². The lowest BCUT2D eigenvalue weighted by Gasteiger charge is -2.36. The molecule has 5 heteroatoms. The molecule has 2 saturated heterocycles.